The maximum absolute atomic E-state index is 12.7. The summed E-state index contributed by atoms with van der Waals surface area (Å²) in [6.45, 7) is 7.86. The molecule has 7 heteroatoms. The molecule has 1 amide bonds. The molecular weight excluding hydrogens is 330 g/mol. The highest BCUT2D eigenvalue weighted by atomic mass is 16.5. The molecule has 0 aromatic carbocycles. The van der Waals surface area contributed by atoms with Crippen LogP contribution in [0.25, 0.3) is 0 Å². The highest BCUT2D eigenvalue weighted by molar-refractivity contribution is 5.78. The Morgan fingerprint density at radius 3 is 2.77 bits per heavy atom. The van der Waals surface area contributed by atoms with E-state index in [4.69, 9.17) is 4.74 Å². The Balaban J connectivity index is 1.67. The van der Waals surface area contributed by atoms with Gasteiger partial charge in [0, 0.05) is 44.4 Å². The van der Waals surface area contributed by atoms with E-state index >= 15 is 0 Å². The summed E-state index contributed by atoms with van der Waals surface area (Å²) in [6, 6.07) is 3.91. The fraction of sp³-hybridized carbons (Fsp3) is 0.526. The number of rotatable bonds is 7. The maximum Gasteiger partial charge on any atom is 0.236 e. The Morgan fingerprint density at radius 1 is 1.27 bits per heavy atom. The first-order chi connectivity index (χ1) is 12.6. The smallest absolute Gasteiger partial charge is 0.236 e. The number of carbonyl (C=O) groups is 1. The van der Waals surface area contributed by atoms with Crippen molar-refractivity contribution in [1.29, 1.82) is 0 Å². The third-order valence-corrected chi connectivity index (χ3v) is 4.35. The van der Waals surface area contributed by atoms with Gasteiger partial charge < -0.3 is 14.6 Å². The summed E-state index contributed by atoms with van der Waals surface area (Å²) in [6.07, 6.45) is 7.03. The predicted molar refractivity (Wildman–Crippen MR) is 98.1 cm³/mol. The molecule has 3 rings (SSSR count). The molecule has 0 radical (unpaired) electrons. The van der Waals surface area contributed by atoms with Crippen molar-refractivity contribution in [3.63, 3.8) is 0 Å². The summed E-state index contributed by atoms with van der Waals surface area (Å²) in [4.78, 5) is 28.2. The third kappa shape index (κ3) is 5.37. The van der Waals surface area contributed by atoms with Crippen molar-refractivity contribution in [3.8, 4) is 0 Å². The molecule has 1 atom stereocenters. The number of imidazole rings is 1. The molecule has 1 fully saturated rings. The van der Waals surface area contributed by atoms with E-state index in [0.29, 0.717) is 38.7 Å². The van der Waals surface area contributed by atoms with Crippen LogP contribution in [0.15, 0.2) is 36.9 Å². The van der Waals surface area contributed by atoms with Gasteiger partial charge in [-0.3, -0.25) is 14.7 Å². The van der Waals surface area contributed by atoms with E-state index in [0.717, 1.165) is 17.9 Å². The number of hydrogen-bond acceptors (Lipinski definition) is 5. The van der Waals surface area contributed by atoms with E-state index in [2.05, 4.69) is 33.7 Å². The Morgan fingerprint density at radius 2 is 2.08 bits per heavy atom. The monoisotopic (exact) mass is 357 g/mol. The SMILES string of the molecule is CC(C)CN1C[C@@H](OCc2ccncc2)CN(Cc2ncc[nH]2)CC1=O. The summed E-state index contributed by atoms with van der Waals surface area (Å²) in [5.41, 5.74) is 1.09. The van der Waals surface area contributed by atoms with Crippen LogP contribution in [0, 0.1) is 5.92 Å². The van der Waals surface area contributed by atoms with Crippen molar-refractivity contribution in [2.24, 2.45) is 5.92 Å². The number of pyridine rings is 1. The molecule has 0 bridgehead atoms. The van der Waals surface area contributed by atoms with Gasteiger partial charge in [-0.25, -0.2) is 4.98 Å². The minimum Gasteiger partial charge on any atom is -0.370 e. The normalized spacial score (nSPS) is 19.1. The van der Waals surface area contributed by atoms with Crippen LogP contribution in [0.2, 0.25) is 0 Å². The standard InChI is InChI=1S/C19H27N5O2/c1-15(2)9-24-11-17(26-14-16-3-5-20-6-4-16)10-23(13-19(24)25)12-18-21-7-8-22-18/h3-8,15,17H,9-14H2,1-2H3,(H,21,22)/t17-/m0/s1. The zero-order chi connectivity index (χ0) is 18.4. The summed E-state index contributed by atoms with van der Waals surface area (Å²) in [5.74, 6) is 1.44. The van der Waals surface area contributed by atoms with Gasteiger partial charge in [-0.1, -0.05) is 13.8 Å². The molecule has 1 aliphatic rings. The van der Waals surface area contributed by atoms with Crippen LogP contribution >= 0.6 is 0 Å². The van der Waals surface area contributed by atoms with Crippen molar-refractivity contribution < 1.29 is 9.53 Å². The lowest BCUT2D eigenvalue weighted by Gasteiger charge is -2.26. The number of amides is 1. The van der Waals surface area contributed by atoms with Crippen LogP contribution in [0.4, 0.5) is 0 Å². The molecule has 1 aliphatic heterocycles. The first-order valence-electron chi connectivity index (χ1n) is 9.09. The molecule has 2 aromatic heterocycles. The average Bonchev–Trinajstić information content (AvgIpc) is 3.07. The lowest BCUT2D eigenvalue weighted by atomic mass is 10.2. The van der Waals surface area contributed by atoms with Crippen molar-refractivity contribution >= 4 is 5.91 Å². The average molecular weight is 357 g/mol. The van der Waals surface area contributed by atoms with Crippen molar-refractivity contribution in [1.82, 2.24) is 24.8 Å². The Bertz CT molecular complexity index is 675. The number of nitrogens with one attached hydrogen (secondary N) is 1. The Kier molecular flexibility index (Phi) is 6.35. The molecule has 7 nitrogen and oxygen atoms in total. The van der Waals surface area contributed by atoms with E-state index < -0.39 is 0 Å². The predicted octanol–water partition coefficient (Wildman–Crippen LogP) is 1.69. The second kappa shape index (κ2) is 8.91. The summed E-state index contributed by atoms with van der Waals surface area (Å²) in [7, 11) is 0. The van der Waals surface area contributed by atoms with Crippen LogP contribution in [0.1, 0.15) is 25.2 Å². The van der Waals surface area contributed by atoms with Gasteiger partial charge in [0.15, 0.2) is 0 Å². The van der Waals surface area contributed by atoms with Crippen molar-refractivity contribution in [2.45, 2.75) is 33.1 Å². The summed E-state index contributed by atoms with van der Waals surface area (Å²) in [5, 5.41) is 0. The quantitative estimate of drug-likeness (QED) is 0.816. The number of nitrogens with zero attached hydrogens (tertiary/aromatic N) is 4. The highest BCUT2D eigenvalue weighted by Gasteiger charge is 2.29. The molecule has 2 aromatic rings. The number of ether oxygens (including phenoxy) is 1. The molecule has 140 valence electrons. The maximum atomic E-state index is 12.7. The van der Waals surface area contributed by atoms with Gasteiger partial charge in [0.2, 0.25) is 5.91 Å². The van der Waals surface area contributed by atoms with Crippen molar-refractivity contribution in [3.05, 3.63) is 48.3 Å². The Labute approximate surface area is 154 Å². The second-order valence-corrected chi connectivity index (χ2v) is 7.19. The fourth-order valence-corrected chi connectivity index (χ4v) is 3.18. The van der Waals surface area contributed by atoms with Crippen LogP contribution < -0.4 is 0 Å². The largest absolute Gasteiger partial charge is 0.370 e. The zero-order valence-electron chi connectivity index (χ0n) is 15.5. The molecule has 1 N–H and O–H groups in total. The van der Waals surface area contributed by atoms with E-state index in [1.54, 1.807) is 24.8 Å². The van der Waals surface area contributed by atoms with E-state index in [1.807, 2.05) is 17.0 Å². The molecule has 26 heavy (non-hydrogen) atoms. The van der Waals surface area contributed by atoms with Crippen LogP contribution in [-0.2, 0) is 22.7 Å². The number of hydrogen-bond donors (Lipinski definition) is 1. The van der Waals surface area contributed by atoms with Crippen LogP contribution in [0.3, 0.4) is 0 Å². The van der Waals surface area contributed by atoms with Gasteiger partial charge in [0.05, 0.1) is 25.8 Å². The summed E-state index contributed by atoms with van der Waals surface area (Å²) >= 11 is 0. The first kappa shape index (κ1) is 18.5. The zero-order valence-corrected chi connectivity index (χ0v) is 15.5. The molecule has 1 saturated heterocycles. The minimum atomic E-state index is -0.0386. The van der Waals surface area contributed by atoms with Gasteiger partial charge in [0.25, 0.3) is 0 Å². The number of aromatic amines is 1. The van der Waals surface area contributed by atoms with Gasteiger partial charge >= 0.3 is 0 Å². The molecule has 3 heterocycles. The molecule has 0 spiro atoms. The van der Waals surface area contributed by atoms with E-state index in [-0.39, 0.29) is 12.0 Å². The second-order valence-electron chi connectivity index (χ2n) is 7.19. The third-order valence-electron chi connectivity index (χ3n) is 4.35. The van der Waals surface area contributed by atoms with E-state index in [1.165, 1.54) is 0 Å². The minimum absolute atomic E-state index is 0.0386. The van der Waals surface area contributed by atoms with Gasteiger partial charge in [-0.15, -0.1) is 0 Å². The van der Waals surface area contributed by atoms with Crippen LogP contribution in [0.5, 0.6) is 0 Å². The molecule has 0 aliphatic carbocycles. The molecular formula is C19H27N5O2. The number of H-pyrrole nitrogens is 1. The Hall–Kier alpha value is -2.25. The first-order valence-corrected chi connectivity index (χ1v) is 9.09. The summed E-state index contributed by atoms with van der Waals surface area (Å²) < 4.78 is 6.16. The lowest BCUT2D eigenvalue weighted by Crippen LogP contribution is -2.40. The van der Waals surface area contributed by atoms with E-state index in [9.17, 15) is 4.79 Å². The number of carbonyl (C=O) groups excluding carboxylic acids is 1. The topological polar surface area (TPSA) is 74.3 Å². The van der Waals surface area contributed by atoms with Gasteiger partial charge in [-0.2, -0.15) is 0 Å². The number of aromatic nitrogens is 3. The van der Waals surface area contributed by atoms with Gasteiger partial charge in [-0.05, 0) is 23.6 Å². The fourth-order valence-electron chi connectivity index (χ4n) is 3.18. The lowest BCUT2D eigenvalue weighted by molar-refractivity contribution is -0.132. The highest BCUT2D eigenvalue weighted by Crippen LogP contribution is 2.14. The molecule has 0 saturated carbocycles. The molecule has 0 unspecified atom stereocenters. The van der Waals surface area contributed by atoms with Crippen LogP contribution in [-0.4, -0.2) is 62.9 Å². The van der Waals surface area contributed by atoms with Crippen molar-refractivity contribution in [2.75, 3.05) is 26.2 Å². The van der Waals surface area contributed by atoms with Gasteiger partial charge in [0.1, 0.15) is 5.82 Å².